The summed E-state index contributed by atoms with van der Waals surface area (Å²) in [6, 6.07) is 9.45. The lowest BCUT2D eigenvalue weighted by Gasteiger charge is -2.27. The third-order valence-electron chi connectivity index (χ3n) is 4.21. The molecule has 0 saturated carbocycles. The molecule has 0 aliphatic carbocycles. The van der Waals surface area contributed by atoms with Gasteiger partial charge in [-0.3, -0.25) is 4.79 Å². The van der Waals surface area contributed by atoms with Crippen LogP contribution in [-0.4, -0.2) is 4.57 Å². The smallest absolute Gasteiger partial charge is 0.258 e. The zero-order valence-corrected chi connectivity index (χ0v) is 13.3. The van der Waals surface area contributed by atoms with Crippen LogP contribution in [0.2, 0.25) is 0 Å². The molecule has 24 heavy (non-hydrogen) atoms. The van der Waals surface area contributed by atoms with Crippen LogP contribution in [0.4, 0.5) is 4.39 Å². The summed E-state index contributed by atoms with van der Waals surface area (Å²) in [5, 5.41) is 9.49. The Morgan fingerprint density at radius 3 is 2.62 bits per heavy atom. The summed E-state index contributed by atoms with van der Waals surface area (Å²) in [6.07, 6.45) is 0. The van der Waals surface area contributed by atoms with E-state index in [9.17, 15) is 14.4 Å². The minimum absolute atomic E-state index is 0.0348. The van der Waals surface area contributed by atoms with Crippen molar-refractivity contribution in [1.29, 1.82) is 5.26 Å². The van der Waals surface area contributed by atoms with Crippen molar-refractivity contribution in [2.24, 2.45) is 5.73 Å². The van der Waals surface area contributed by atoms with Gasteiger partial charge < -0.3 is 15.0 Å². The second-order valence-corrected chi connectivity index (χ2v) is 5.59. The van der Waals surface area contributed by atoms with Crippen molar-refractivity contribution in [3.63, 3.8) is 0 Å². The molecule has 1 atom stereocenters. The molecule has 1 aromatic carbocycles. The van der Waals surface area contributed by atoms with Crippen LogP contribution in [-0.2, 0) is 6.54 Å². The normalized spacial score (nSPS) is 16.3. The van der Waals surface area contributed by atoms with Gasteiger partial charge in [0.05, 0.1) is 11.5 Å². The van der Waals surface area contributed by atoms with E-state index in [4.69, 9.17) is 10.5 Å². The highest BCUT2D eigenvalue weighted by Gasteiger charge is 2.34. The molecule has 2 aromatic rings. The van der Waals surface area contributed by atoms with Gasteiger partial charge in [-0.2, -0.15) is 5.26 Å². The number of nitrogens with zero attached hydrogens (tertiary/aromatic N) is 2. The molecular formula is C18H16FN3O2. The van der Waals surface area contributed by atoms with E-state index in [0.717, 1.165) is 5.69 Å². The number of benzene rings is 1. The summed E-state index contributed by atoms with van der Waals surface area (Å²) >= 11 is 0. The van der Waals surface area contributed by atoms with Crippen LogP contribution in [0.3, 0.4) is 0 Å². The first-order valence-corrected chi connectivity index (χ1v) is 7.55. The lowest BCUT2D eigenvalue weighted by Crippen LogP contribution is -2.32. The van der Waals surface area contributed by atoms with Gasteiger partial charge in [0, 0.05) is 18.3 Å². The molecule has 5 nitrogen and oxygen atoms in total. The van der Waals surface area contributed by atoms with E-state index in [1.165, 1.54) is 12.1 Å². The lowest BCUT2D eigenvalue weighted by molar-refractivity contribution is 0.388. The number of pyridine rings is 1. The number of fused-ring (bicyclic) bond motifs is 1. The number of aryl methyl sites for hydroxylation is 1. The molecule has 1 aliphatic rings. The predicted molar refractivity (Wildman–Crippen MR) is 86.8 cm³/mol. The van der Waals surface area contributed by atoms with Gasteiger partial charge in [-0.25, -0.2) is 4.39 Å². The van der Waals surface area contributed by atoms with E-state index in [1.807, 2.05) is 13.0 Å². The van der Waals surface area contributed by atoms with Crippen LogP contribution in [0.1, 0.15) is 29.7 Å². The summed E-state index contributed by atoms with van der Waals surface area (Å²) in [5.41, 5.74) is 7.51. The summed E-state index contributed by atoms with van der Waals surface area (Å²) < 4.78 is 20.4. The Balaban J connectivity index is 2.33. The molecule has 0 saturated heterocycles. The lowest BCUT2D eigenvalue weighted by atomic mass is 9.84. The Kier molecular flexibility index (Phi) is 3.86. The van der Waals surface area contributed by atoms with Gasteiger partial charge >= 0.3 is 0 Å². The second kappa shape index (κ2) is 5.85. The maximum absolute atomic E-state index is 13.3. The number of hydrogen-bond donors (Lipinski definition) is 1. The number of rotatable bonds is 2. The van der Waals surface area contributed by atoms with Gasteiger partial charge in [-0.05, 0) is 31.5 Å². The minimum atomic E-state index is -0.676. The first kappa shape index (κ1) is 15.8. The van der Waals surface area contributed by atoms with Crippen molar-refractivity contribution in [3.8, 4) is 11.8 Å². The van der Waals surface area contributed by atoms with Crippen molar-refractivity contribution >= 4 is 0 Å². The zero-order valence-electron chi connectivity index (χ0n) is 13.3. The SMILES string of the molecule is CCn1c(C)cc2c(c1=O)[C@@H](c1ccc(F)cc1)C(C#N)=C(N)O2. The summed E-state index contributed by atoms with van der Waals surface area (Å²) in [7, 11) is 0. The third kappa shape index (κ3) is 2.35. The Hall–Kier alpha value is -3.07. The monoisotopic (exact) mass is 325 g/mol. The largest absolute Gasteiger partial charge is 0.440 e. The van der Waals surface area contributed by atoms with E-state index in [-0.39, 0.29) is 17.0 Å². The standard InChI is InChI=1S/C18H16FN3O2/c1-3-22-10(2)8-14-16(18(22)23)15(13(9-20)17(21)24-14)11-4-6-12(19)7-5-11/h4-8,15H,3,21H2,1-2H3/t15-/m0/s1. The van der Waals surface area contributed by atoms with Gasteiger partial charge in [-0.15, -0.1) is 0 Å². The van der Waals surface area contributed by atoms with E-state index in [2.05, 4.69) is 0 Å². The fourth-order valence-electron chi connectivity index (χ4n) is 3.07. The molecule has 1 aliphatic heterocycles. The molecule has 1 aromatic heterocycles. The predicted octanol–water partition coefficient (Wildman–Crippen LogP) is 2.53. The van der Waals surface area contributed by atoms with Crippen LogP contribution in [0.5, 0.6) is 5.75 Å². The highest BCUT2D eigenvalue weighted by molar-refractivity contribution is 5.55. The molecule has 0 fully saturated rings. The van der Waals surface area contributed by atoms with E-state index < -0.39 is 11.7 Å². The number of ether oxygens (including phenoxy) is 1. The highest BCUT2D eigenvalue weighted by atomic mass is 19.1. The quantitative estimate of drug-likeness (QED) is 0.920. The van der Waals surface area contributed by atoms with Crippen molar-refractivity contribution in [2.75, 3.05) is 0 Å². The Labute approximate surface area is 138 Å². The summed E-state index contributed by atoms with van der Waals surface area (Å²) in [5.74, 6) is -0.762. The van der Waals surface area contributed by atoms with Crippen molar-refractivity contribution < 1.29 is 9.13 Å². The van der Waals surface area contributed by atoms with Crippen LogP contribution in [0.25, 0.3) is 0 Å². The third-order valence-corrected chi connectivity index (χ3v) is 4.21. The number of nitrogens with two attached hydrogens (primary N) is 1. The number of allylic oxidation sites excluding steroid dienone is 1. The molecule has 2 heterocycles. The number of aromatic nitrogens is 1. The summed E-state index contributed by atoms with van der Waals surface area (Å²) in [4.78, 5) is 12.9. The Morgan fingerprint density at radius 2 is 2.04 bits per heavy atom. The number of halogens is 1. The van der Waals surface area contributed by atoms with Crippen LogP contribution in [0, 0.1) is 24.1 Å². The second-order valence-electron chi connectivity index (χ2n) is 5.59. The Bertz CT molecular complexity index is 936. The molecule has 0 radical (unpaired) electrons. The molecule has 6 heteroatoms. The molecular weight excluding hydrogens is 309 g/mol. The molecule has 2 N–H and O–H groups in total. The average Bonchev–Trinajstić information content (AvgIpc) is 2.54. The maximum atomic E-state index is 13.3. The number of hydrogen-bond acceptors (Lipinski definition) is 4. The topological polar surface area (TPSA) is 81.0 Å². The van der Waals surface area contributed by atoms with Gasteiger partial charge in [-0.1, -0.05) is 12.1 Å². The fourth-order valence-corrected chi connectivity index (χ4v) is 3.07. The van der Waals surface area contributed by atoms with Crippen LogP contribution < -0.4 is 16.0 Å². The minimum Gasteiger partial charge on any atom is -0.440 e. The molecule has 0 unspecified atom stereocenters. The zero-order chi connectivity index (χ0) is 17.4. The average molecular weight is 325 g/mol. The van der Waals surface area contributed by atoms with Crippen LogP contribution in [0.15, 0.2) is 46.6 Å². The highest BCUT2D eigenvalue weighted by Crippen LogP contribution is 2.40. The van der Waals surface area contributed by atoms with Gasteiger partial charge in [0.15, 0.2) is 0 Å². The molecule has 0 amide bonds. The molecule has 3 rings (SSSR count). The molecule has 0 bridgehead atoms. The molecule has 0 spiro atoms. The van der Waals surface area contributed by atoms with E-state index >= 15 is 0 Å². The Morgan fingerprint density at radius 1 is 1.38 bits per heavy atom. The van der Waals surface area contributed by atoms with E-state index in [1.54, 1.807) is 29.7 Å². The number of nitriles is 1. The van der Waals surface area contributed by atoms with E-state index in [0.29, 0.717) is 23.4 Å². The molecule has 122 valence electrons. The van der Waals surface area contributed by atoms with Crippen molar-refractivity contribution in [3.05, 3.63) is 74.8 Å². The fraction of sp³-hybridized carbons (Fsp3) is 0.222. The van der Waals surface area contributed by atoms with Crippen LogP contribution >= 0.6 is 0 Å². The van der Waals surface area contributed by atoms with Gasteiger partial charge in [0.25, 0.3) is 5.56 Å². The summed E-state index contributed by atoms with van der Waals surface area (Å²) in [6.45, 7) is 4.17. The first-order valence-electron chi connectivity index (χ1n) is 7.55. The van der Waals surface area contributed by atoms with Gasteiger partial charge in [0.2, 0.25) is 5.88 Å². The van der Waals surface area contributed by atoms with Crippen molar-refractivity contribution in [1.82, 2.24) is 4.57 Å². The van der Waals surface area contributed by atoms with Gasteiger partial charge in [0.1, 0.15) is 23.2 Å². The first-order chi connectivity index (χ1) is 11.5. The van der Waals surface area contributed by atoms with Crippen molar-refractivity contribution in [2.45, 2.75) is 26.3 Å². The maximum Gasteiger partial charge on any atom is 0.258 e.